The smallest absolute Gasteiger partial charge is 0.449 e. The molecule has 0 aliphatic carbocycles. The Morgan fingerprint density at radius 3 is 1.77 bits per heavy atom. The minimum atomic E-state index is -1.56. The van der Waals surface area contributed by atoms with Crippen molar-refractivity contribution in [1.29, 1.82) is 0 Å². The summed E-state index contributed by atoms with van der Waals surface area (Å²) >= 11 is 0. The Morgan fingerprint density at radius 2 is 1.14 bits per heavy atom. The summed E-state index contributed by atoms with van der Waals surface area (Å²) in [6, 6.07) is 12.3. The molecule has 0 fully saturated rings. The quantitative estimate of drug-likeness (QED) is 0.104. The third-order valence-electron chi connectivity index (χ3n) is 5.67. The zero-order valence-corrected chi connectivity index (χ0v) is 17.2. The van der Waals surface area contributed by atoms with Crippen molar-refractivity contribution in [3.05, 3.63) is 48.5 Å². The second kappa shape index (κ2) is 7.09. The van der Waals surface area contributed by atoms with E-state index < -0.39 is 24.6 Å². The van der Waals surface area contributed by atoms with Gasteiger partial charge in [-0.1, -0.05) is 0 Å². The molecule has 2 N–H and O–H groups in total. The van der Waals surface area contributed by atoms with Crippen LogP contribution in [0.1, 0.15) is 0 Å². The van der Waals surface area contributed by atoms with Gasteiger partial charge in [-0.25, -0.2) is 19.2 Å². The van der Waals surface area contributed by atoms with Crippen molar-refractivity contribution in [3.63, 3.8) is 0 Å². The van der Waals surface area contributed by atoms with Crippen LogP contribution in [0, 0.1) is 0 Å². The maximum absolute atomic E-state index is 11.9. The average molecular weight is 474 g/mol. The first-order valence-corrected chi connectivity index (χ1v) is 9.94. The van der Waals surface area contributed by atoms with Gasteiger partial charge in [0.2, 0.25) is 0 Å². The minimum absolute atomic E-state index is 0.0179. The zero-order chi connectivity index (χ0) is 24.4. The van der Waals surface area contributed by atoms with Gasteiger partial charge in [-0.3, -0.25) is 0 Å². The molecule has 0 spiro atoms. The Hall–Kier alpha value is -5.32. The fraction of sp³-hybridized carbons (Fsp3) is 0. The number of rotatable bonds is 2. The standard InChI is InChI=1S/C24H10O11/c25-21(26)31-9-7-13-12-3-6-17-20-16(33-23(29)35-24(30)34-17)5-2-11(19(12)20)10-1-4-15(32-22(27)28)14(8-9)18(10)13/h1-8H,(H,25,26)(H,27,28). The number of hydrogen-bond acceptors (Lipinski definition) is 9. The average Bonchev–Trinajstić information content (AvgIpc) is 2.77. The molecule has 35 heavy (non-hydrogen) atoms. The van der Waals surface area contributed by atoms with E-state index in [1.165, 1.54) is 30.3 Å². The van der Waals surface area contributed by atoms with Crippen molar-refractivity contribution in [2.24, 2.45) is 0 Å². The summed E-state index contributed by atoms with van der Waals surface area (Å²) in [6.07, 6.45) is -5.62. The summed E-state index contributed by atoms with van der Waals surface area (Å²) in [4.78, 5) is 46.3. The van der Waals surface area contributed by atoms with Crippen molar-refractivity contribution < 1.29 is 53.1 Å². The second-order valence-electron chi connectivity index (χ2n) is 7.52. The topological polar surface area (TPSA) is 155 Å². The molecular weight excluding hydrogens is 464 g/mol. The summed E-state index contributed by atoms with van der Waals surface area (Å²) in [6.45, 7) is 0. The van der Waals surface area contributed by atoms with Crippen molar-refractivity contribution in [2.45, 2.75) is 0 Å². The van der Waals surface area contributed by atoms with Crippen LogP contribution >= 0.6 is 0 Å². The van der Waals surface area contributed by atoms with Gasteiger partial charge in [0, 0.05) is 16.2 Å². The van der Waals surface area contributed by atoms with Crippen LogP contribution in [0.2, 0.25) is 0 Å². The first-order chi connectivity index (χ1) is 16.8. The molecule has 5 aromatic carbocycles. The molecule has 0 radical (unpaired) electrons. The molecule has 11 nitrogen and oxygen atoms in total. The molecule has 1 heterocycles. The Balaban J connectivity index is 1.81. The normalized spacial score (nSPS) is 13.3. The fourth-order valence-electron chi connectivity index (χ4n) is 4.55. The zero-order valence-electron chi connectivity index (χ0n) is 17.2. The molecule has 0 aromatic heterocycles. The Morgan fingerprint density at radius 1 is 0.600 bits per heavy atom. The van der Waals surface area contributed by atoms with Crippen LogP contribution in [0.25, 0.3) is 43.1 Å². The fourth-order valence-corrected chi connectivity index (χ4v) is 4.55. The molecule has 6 rings (SSSR count). The second-order valence-corrected chi connectivity index (χ2v) is 7.52. The van der Waals surface area contributed by atoms with E-state index in [9.17, 15) is 24.3 Å². The van der Waals surface area contributed by atoms with E-state index in [0.29, 0.717) is 43.1 Å². The SMILES string of the molecule is O=C(O)Oc1cc2c(OC(=O)O)ccc3c4ccc5c6c(ccc(c(c1)c23)c64)OC(=O)OC(=O)O5. The van der Waals surface area contributed by atoms with E-state index in [-0.39, 0.29) is 23.0 Å². The molecule has 0 bridgehead atoms. The summed E-state index contributed by atoms with van der Waals surface area (Å²) in [5.74, 6) is 0.0791. The molecule has 0 saturated heterocycles. The highest BCUT2D eigenvalue weighted by Gasteiger charge is 2.26. The van der Waals surface area contributed by atoms with E-state index in [1.807, 2.05) is 0 Å². The van der Waals surface area contributed by atoms with Gasteiger partial charge in [0.05, 0.1) is 5.39 Å². The lowest BCUT2D eigenvalue weighted by molar-refractivity contribution is 0.0879. The molecule has 1 aliphatic heterocycles. The first kappa shape index (κ1) is 20.3. The van der Waals surface area contributed by atoms with Crippen molar-refractivity contribution in [1.82, 2.24) is 0 Å². The van der Waals surface area contributed by atoms with Crippen molar-refractivity contribution in [3.8, 4) is 23.0 Å². The number of carbonyl (C=O) groups is 4. The molecular formula is C24H10O11. The predicted molar refractivity (Wildman–Crippen MR) is 118 cm³/mol. The van der Waals surface area contributed by atoms with Gasteiger partial charge in [0.25, 0.3) is 0 Å². The van der Waals surface area contributed by atoms with Crippen LogP contribution < -0.4 is 18.9 Å². The molecule has 0 atom stereocenters. The lowest BCUT2D eigenvalue weighted by Gasteiger charge is -2.20. The number of carbonyl (C=O) groups excluding carboxylic acids is 2. The number of benzene rings is 5. The first-order valence-electron chi connectivity index (χ1n) is 9.94. The highest BCUT2D eigenvalue weighted by molar-refractivity contribution is 6.35. The van der Waals surface area contributed by atoms with Gasteiger partial charge in [-0.2, -0.15) is 0 Å². The molecule has 172 valence electrons. The summed E-state index contributed by atoms with van der Waals surface area (Å²) in [5.41, 5.74) is 0. The summed E-state index contributed by atoms with van der Waals surface area (Å²) in [7, 11) is 0. The largest absolute Gasteiger partial charge is 0.524 e. The molecule has 0 amide bonds. The van der Waals surface area contributed by atoms with E-state index >= 15 is 0 Å². The van der Waals surface area contributed by atoms with Crippen molar-refractivity contribution in [2.75, 3.05) is 0 Å². The highest BCUT2D eigenvalue weighted by Crippen LogP contribution is 2.48. The predicted octanol–water partition coefficient (Wildman–Crippen LogP) is 5.88. The van der Waals surface area contributed by atoms with Crippen LogP contribution in [-0.4, -0.2) is 34.8 Å². The highest BCUT2D eigenvalue weighted by atomic mass is 16.8. The third-order valence-corrected chi connectivity index (χ3v) is 5.67. The van der Waals surface area contributed by atoms with Crippen LogP contribution in [-0.2, 0) is 4.74 Å². The van der Waals surface area contributed by atoms with Crippen LogP contribution in [0.5, 0.6) is 23.0 Å². The number of hydrogen-bond donors (Lipinski definition) is 2. The van der Waals surface area contributed by atoms with Gasteiger partial charge in [-0.05, 0) is 70.1 Å². The van der Waals surface area contributed by atoms with Gasteiger partial charge >= 0.3 is 24.6 Å². The molecule has 11 heteroatoms. The molecule has 1 aliphatic rings. The van der Waals surface area contributed by atoms with E-state index in [0.717, 1.165) is 0 Å². The van der Waals surface area contributed by atoms with Gasteiger partial charge in [0.1, 0.15) is 23.0 Å². The van der Waals surface area contributed by atoms with E-state index in [2.05, 4.69) is 4.74 Å². The molecule has 0 saturated carbocycles. The maximum atomic E-state index is 11.9. The van der Waals surface area contributed by atoms with Crippen LogP contribution in [0.4, 0.5) is 19.2 Å². The maximum Gasteiger partial charge on any atom is 0.524 e. The Bertz CT molecular complexity index is 1750. The lowest BCUT2D eigenvalue weighted by atomic mass is 9.88. The molecule has 0 unspecified atom stereocenters. The van der Waals surface area contributed by atoms with E-state index in [1.54, 1.807) is 18.2 Å². The van der Waals surface area contributed by atoms with Gasteiger partial charge in [0.15, 0.2) is 0 Å². The van der Waals surface area contributed by atoms with E-state index in [4.69, 9.17) is 24.1 Å². The summed E-state index contributed by atoms with van der Waals surface area (Å²) < 4.78 is 24.6. The van der Waals surface area contributed by atoms with Crippen LogP contribution in [0.15, 0.2) is 48.5 Å². The number of fused-ring (bicyclic) bond motifs is 2. The third kappa shape index (κ3) is 3.06. The Kier molecular flexibility index (Phi) is 4.11. The lowest BCUT2D eigenvalue weighted by Crippen LogP contribution is -2.21. The monoisotopic (exact) mass is 474 g/mol. The number of cyclic esters (lactones) is 2. The minimum Gasteiger partial charge on any atom is -0.449 e. The van der Waals surface area contributed by atoms with Crippen molar-refractivity contribution >= 4 is 67.7 Å². The number of ether oxygens (including phenoxy) is 5. The number of carboxylic acid groups (broad SMARTS) is 2. The van der Waals surface area contributed by atoms with Gasteiger partial charge < -0.3 is 33.9 Å². The van der Waals surface area contributed by atoms with Crippen LogP contribution in [0.3, 0.4) is 0 Å². The Labute approximate surface area is 192 Å². The molecule has 5 aromatic rings. The summed E-state index contributed by atoms with van der Waals surface area (Å²) in [5, 5.41) is 22.5. The van der Waals surface area contributed by atoms with Gasteiger partial charge in [-0.15, -0.1) is 0 Å².